The molecule has 33 heavy (non-hydrogen) atoms. The zero-order chi connectivity index (χ0) is 24.4. The number of halogens is 3. The summed E-state index contributed by atoms with van der Waals surface area (Å²) in [4.78, 5) is 50.2. The van der Waals surface area contributed by atoms with E-state index in [0.29, 0.717) is 16.5 Å². The molecule has 0 atom stereocenters. The van der Waals surface area contributed by atoms with Gasteiger partial charge in [0.25, 0.3) is 0 Å². The van der Waals surface area contributed by atoms with Gasteiger partial charge in [-0.05, 0) is 17.7 Å². The predicted molar refractivity (Wildman–Crippen MR) is 128 cm³/mol. The Morgan fingerprint density at radius 3 is 1.91 bits per heavy atom. The molecule has 2 heterocycles. The van der Waals surface area contributed by atoms with E-state index in [-0.39, 0.29) is 42.8 Å². The number of rotatable bonds is 3. The lowest BCUT2D eigenvalue weighted by Gasteiger charge is -2.05. The summed E-state index contributed by atoms with van der Waals surface area (Å²) in [5.74, 6) is -2.39. The van der Waals surface area contributed by atoms with E-state index in [0.717, 1.165) is 12.1 Å². The van der Waals surface area contributed by atoms with E-state index < -0.39 is 17.4 Å². The summed E-state index contributed by atoms with van der Waals surface area (Å²) in [6, 6.07) is 8.54. The largest absolute Gasteiger partial charge is 0.477 e. The second-order valence-electron chi connectivity index (χ2n) is 6.59. The number of carbonyl (C=O) groups is 2. The predicted octanol–water partition coefficient (Wildman–Crippen LogP) is 5.06. The van der Waals surface area contributed by atoms with Crippen LogP contribution in [0.15, 0.2) is 52.6 Å². The molecule has 0 aliphatic carbocycles. The van der Waals surface area contributed by atoms with Crippen molar-refractivity contribution in [2.75, 3.05) is 0 Å². The van der Waals surface area contributed by atoms with Crippen molar-refractivity contribution < 1.29 is 19.8 Å². The number of pyridine rings is 2. The van der Waals surface area contributed by atoms with Crippen LogP contribution < -0.4 is 10.9 Å². The Labute approximate surface area is 199 Å². The van der Waals surface area contributed by atoms with Crippen LogP contribution >= 0.6 is 34.8 Å². The van der Waals surface area contributed by atoms with Crippen LogP contribution in [-0.4, -0.2) is 32.1 Å². The number of carboxylic acids is 2. The lowest BCUT2D eigenvalue weighted by Crippen LogP contribution is -2.10. The molecule has 0 aliphatic heterocycles. The van der Waals surface area contributed by atoms with Crippen molar-refractivity contribution in [3.8, 4) is 0 Å². The fourth-order valence-electron chi connectivity index (χ4n) is 3.05. The topological polar surface area (TPSA) is 140 Å². The second-order valence-corrected chi connectivity index (χ2v) is 7.75. The summed E-state index contributed by atoms with van der Waals surface area (Å²) in [7, 11) is 0. The summed E-state index contributed by atoms with van der Waals surface area (Å²) in [5.41, 5.74) is 0.226. The van der Waals surface area contributed by atoms with Crippen LogP contribution in [-0.2, 0) is 0 Å². The summed E-state index contributed by atoms with van der Waals surface area (Å²) in [6.07, 6.45) is 1.57. The third kappa shape index (κ3) is 4.78. The normalized spacial score (nSPS) is 10.5. The minimum Gasteiger partial charge on any atom is -0.477 e. The summed E-state index contributed by atoms with van der Waals surface area (Å²) in [6.45, 7) is 3.61. The maximum absolute atomic E-state index is 11.8. The highest BCUT2D eigenvalue weighted by molar-refractivity contribution is 6.50. The van der Waals surface area contributed by atoms with Crippen LogP contribution in [0.25, 0.3) is 27.9 Å². The van der Waals surface area contributed by atoms with E-state index in [1.807, 2.05) is 0 Å². The third-order valence-corrected chi connectivity index (χ3v) is 5.78. The van der Waals surface area contributed by atoms with Gasteiger partial charge in [-0.1, -0.05) is 59.6 Å². The highest BCUT2D eigenvalue weighted by Crippen LogP contribution is 2.34. The Kier molecular flexibility index (Phi) is 6.92. The number of benzene rings is 2. The Balaban J connectivity index is 0.000000186. The molecule has 0 saturated heterocycles. The number of aromatic nitrogens is 2. The Morgan fingerprint density at radius 2 is 1.36 bits per heavy atom. The van der Waals surface area contributed by atoms with E-state index in [9.17, 15) is 19.2 Å². The molecule has 8 nitrogen and oxygen atoms in total. The van der Waals surface area contributed by atoms with Crippen molar-refractivity contribution in [1.82, 2.24) is 9.97 Å². The number of H-pyrrole nitrogens is 2. The van der Waals surface area contributed by atoms with Crippen LogP contribution in [0.1, 0.15) is 26.5 Å². The first-order chi connectivity index (χ1) is 15.5. The minimum absolute atomic E-state index is 0.00681. The van der Waals surface area contributed by atoms with E-state index >= 15 is 0 Å². The van der Waals surface area contributed by atoms with E-state index in [1.54, 1.807) is 24.3 Å². The fourth-order valence-corrected chi connectivity index (χ4v) is 3.75. The Morgan fingerprint density at radius 1 is 0.818 bits per heavy atom. The molecule has 4 aromatic rings. The van der Waals surface area contributed by atoms with Gasteiger partial charge in [-0.15, -0.1) is 0 Å². The number of nitrogens with one attached hydrogen (secondary N) is 2. The van der Waals surface area contributed by atoms with Crippen molar-refractivity contribution in [2.45, 2.75) is 0 Å². The van der Waals surface area contributed by atoms with Gasteiger partial charge in [0.05, 0.1) is 36.9 Å². The zero-order valence-corrected chi connectivity index (χ0v) is 18.7. The average Bonchev–Trinajstić information content (AvgIpc) is 2.76. The smallest absolute Gasteiger partial charge is 0.352 e. The number of fused-ring (bicyclic) bond motifs is 2. The molecule has 11 heteroatoms. The number of carboxylic acid groups (broad SMARTS) is 2. The number of hydrogen-bond donors (Lipinski definition) is 4. The monoisotopic (exact) mass is 506 g/mol. The zero-order valence-electron chi connectivity index (χ0n) is 16.4. The number of aromatic carboxylic acids is 2. The lowest BCUT2D eigenvalue weighted by molar-refractivity contribution is 0.0680. The summed E-state index contributed by atoms with van der Waals surface area (Å²) in [5, 5.41) is 18.4. The Hall–Kier alpha value is -3.59. The van der Waals surface area contributed by atoms with Crippen molar-refractivity contribution in [3.63, 3.8) is 0 Å². The molecule has 0 saturated carbocycles. The van der Waals surface area contributed by atoms with E-state index in [4.69, 9.17) is 45.0 Å². The lowest BCUT2D eigenvalue weighted by atomic mass is 10.1. The maximum atomic E-state index is 11.8. The van der Waals surface area contributed by atoms with E-state index in [2.05, 4.69) is 16.5 Å². The molecule has 0 amide bonds. The standard InChI is InChI=1S/C12H9NO3.C10H4Cl3NO3/c1-2-7-4-3-5-8-11(7)10(14)6-9(13-8)12(15)16;11-3-1-4-7(9(13)8(3)12)6(15)2-5(14-4)10(16)17/h2-6H,1H2,(H,13,14)(H,15,16);1-2H,(H,14,15)(H,16,17). The molecule has 4 N–H and O–H groups in total. The molecule has 0 aliphatic rings. The molecule has 0 bridgehead atoms. The quantitative estimate of drug-likeness (QED) is 0.286. The first-order valence-corrected chi connectivity index (χ1v) is 10.1. The van der Waals surface area contributed by atoms with Gasteiger partial charge in [0, 0.05) is 12.1 Å². The van der Waals surface area contributed by atoms with Crippen molar-refractivity contribution in [1.29, 1.82) is 0 Å². The maximum Gasteiger partial charge on any atom is 0.352 e. The Bertz CT molecular complexity index is 1570. The van der Waals surface area contributed by atoms with Crippen LogP contribution in [0.5, 0.6) is 0 Å². The molecular weight excluding hydrogens is 495 g/mol. The van der Waals surface area contributed by atoms with Gasteiger partial charge in [-0.25, -0.2) is 9.59 Å². The molecular formula is C22H13Cl3N2O6. The molecule has 4 rings (SSSR count). The average molecular weight is 508 g/mol. The highest BCUT2D eigenvalue weighted by Gasteiger charge is 2.15. The van der Waals surface area contributed by atoms with Crippen LogP contribution in [0, 0.1) is 0 Å². The highest BCUT2D eigenvalue weighted by atomic mass is 35.5. The second kappa shape index (κ2) is 9.50. The van der Waals surface area contributed by atoms with Gasteiger partial charge in [-0.3, -0.25) is 9.59 Å². The molecule has 2 aromatic heterocycles. The number of aromatic amines is 2. The fraction of sp³-hybridized carbons (Fsp3) is 0. The molecule has 0 spiro atoms. The van der Waals surface area contributed by atoms with Gasteiger partial charge >= 0.3 is 11.9 Å². The van der Waals surface area contributed by atoms with Crippen molar-refractivity contribution in [2.24, 2.45) is 0 Å². The first-order valence-electron chi connectivity index (χ1n) is 9.00. The van der Waals surface area contributed by atoms with E-state index in [1.165, 1.54) is 6.07 Å². The summed E-state index contributed by atoms with van der Waals surface area (Å²) >= 11 is 17.5. The van der Waals surface area contributed by atoms with Crippen LogP contribution in [0.2, 0.25) is 15.1 Å². The van der Waals surface area contributed by atoms with Crippen LogP contribution in [0.3, 0.4) is 0 Å². The number of hydrogen-bond acceptors (Lipinski definition) is 4. The minimum atomic E-state index is -1.24. The molecule has 168 valence electrons. The molecule has 0 unspecified atom stereocenters. The van der Waals surface area contributed by atoms with Gasteiger partial charge < -0.3 is 20.2 Å². The van der Waals surface area contributed by atoms with Gasteiger partial charge in [0.1, 0.15) is 11.4 Å². The molecule has 0 fully saturated rings. The molecule has 2 aromatic carbocycles. The van der Waals surface area contributed by atoms with Gasteiger partial charge in [-0.2, -0.15) is 0 Å². The third-order valence-electron chi connectivity index (χ3n) is 4.52. The molecule has 0 radical (unpaired) electrons. The van der Waals surface area contributed by atoms with Crippen molar-refractivity contribution in [3.05, 3.63) is 95.4 Å². The summed E-state index contributed by atoms with van der Waals surface area (Å²) < 4.78 is 0. The van der Waals surface area contributed by atoms with Crippen molar-refractivity contribution >= 4 is 74.6 Å². The SMILES string of the molecule is C=Cc1cccc2[nH]c(C(=O)O)cc(=O)c12.O=C(O)c1cc(=O)c2c(Cl)c(Cl)c(Cl)cc2[nH]1. The van der Waals surface area contributed by atoms with Gasteiger partial charge in [0.2, 0.25) is 0 Å². The van der Waals surface area contributed by atoms with Crippen LogP contribution in [0.4, 0.5) is 0 Å². The van der Waals surface area contributed by atoms with Gasteiger partial charge in [0.15, 0.2) is 10.9 Å². The first kappa shape index (κ1) is 24.1.